The fourth-order valence-electron chi connectivity index (χ4n) is 3.18. The fraction of sp³-hybridized carbons (Fsp3) is 0.640. The quantitative estimate of drug-likeness (QED) is 0.163. The molecule has 0 saturated heterocycles. The molecule has 0 atom stereocenters. The predicted molar refractivity (Wildman–Crippen MR) is 118 cm³/mol. The largest absolute Gasteiger partial charge is 0.482 e. The van der Waals surface area contributed by atoms with Crippen LogP contribution in [0.15, 0.2) is 36.4 Å². The van der Waals surface area contributed by atoms with Gasteiger partial charge in [-0.3, -0.25) is 0 Å². The molecule has 3 heteroatoms. The summed E-state index contributed by atoms with van der Waals surface area (Å²) in [7, 11) is 0. The highest BCUT2D eigenvalue weighted by Crippen LogP contribution is 2.16. The van der Waals surface area contributed by atoms with Gasteiger partial charge in [-0.25, -0.2) is 4.79 Å². The van der Waals surface area contributed by atoms with Crippen molar-refractivity contribution in [1.82, 2.24) is 0 Å². The van der Waals surface area contributed by atoms with E-state index in [9.17, 15) is 4.79 Å². The van der Waals surface area contributed by atoms with E-state index in [2.05, 4.69) is 25.1 Å². The van der Waals surface area contributed by atoms with Gasteiger partial charge in [0.25, 0.3) is 0 Å². The van der Waals surface area contributed by atoms with E-state index in [-0.39, 0.29) is 12.6 Å². The van der Waals surface area contributed by atoms with E-state index in [4.69, 9.17) is 9.47 Å². The van der Waals surface area contributed by atoms with E-state index < -0.39 is 0 Å². The first-order chi connectivity index (χ1) is 13.8. The summed E-state index contributed by atoms with van der Waals surface area (Å²) in [5.74, 6) is 0.422. The molecule has 0 fully saturated rings. The maximum absolute atomic E-state index is 11.4. The molecule has 3 nitrogen and oxygen atoms in total. The molecule has 0 N–H and O–H groups in total. The third kappa shape index (κ3) is 13.4. The second-order valence-electron chi connectivity index (χ2n) is 7.37. The molecular formula is C25H40O3. The lowest BCUT2D eigenvalue weighted by atomic mass is 10.0. The van der Waals surface area contributed by atoms with Crippen LogP contribution < -0.4 is 4.74 Å². The number of hydrogen-bond donors (Lipinski definition) is 0. The lowest BCUT2D eigenvalue weighted by Gasteiger charge is -2.08. The van der Waals surface area contributed by atoms with Crippen molar-refractivity contribution in [1.29, 1.82) is 0 Å². The smallest absolute Gasteiger partial charge is 0.344 e. The first kappa shape index (κ1) is 24.3. The van der Waals surface area contributed by atoms with Gasteiger partial charge in [0.05, 0.1) is 6.61 Å². The number of unbranched alkanes of at least 4 members (excludes halogenated alkanes) is 9. The number of rotatable bonds is 17. The lowest BCUT2D eigenvalue weighted by molar-refractivity contribution is -0.145. The molecule has 0 heterocycles. The molecule has 0 radical (unpaired) electrons. The van der Waals surface area contributed by atoms with E-state index >= 15 is 0 Å². The molecule has 0 spiro atoms. The Bertz CT molecular complexity index is 536. The van der Waals surface area contributed by atoms with Crippen LogP contribution in [0.4, 0.5) is 0 Å². The molecule has 0 amide bonds. The van der Waals surface area contributed by atoms with Crippen molar-refractivity contribution in [2.24, 2.45) is 0 Å². The van der Waals surface area contributed by atoms with Gasteiger partial charge in [-0.15, -0.1) is 0 Å². The van der Waals surface area contributed by atoms with Gasteiger partial charge < -0.3 is 9.47 Å². The standard InChI is InChI=1S/C25H40O3/c1-3-5-6-7-8-9-10-11-12-13-14-15-16-18-23-19-17-20-24(21-23)28-22-25(26)27-4-2/h9-10,17,19-21H,3-8,11-16,18,22H2,1-2H3/b10-9-. The van der Waals surface area contributed by atoms with Crippen LogP contribution >= 0.6 is 0 Å². The van der Waals surface area contributed by atoms with Crippen LogP contribution in [0.1, 0.15) is 90.0 Å². The lowest BCUT2D eigenvalue weighted by Crippen LogP contribution is -2.14. The Labute approximate surface area is 172 Å². The average Bonchev–Trinajstić information content (AvgIpc) is 2.70. The Kier molecular flexibility index (Phi) is 15.0. The van der Waals surface area contributed by atoms with Gasteiger partial charge in [-0.05, 0) is 63.1 Å². The molecule has 28 heavy (non-hydrogen) atoms. The Morgan fingerprint density at radius 2 is 1.57 bits per heavy atom. The zero-order chi connectivity index (χ0) is 20.3. The van der Waals surface area contributed by atoms with Gasteiger partial charge in [0.1, 0.15) is 5.75 Å². The molecule has 0 aliphatic heterocycles. The van der Waals surface area contributed by atoms with Crippen molar-refractivity contribution >= 4 is 5.97 Å². The molecule has 0 unspecified atom stereocenters. The van der Waals surface area contributed by atoms with Gasteiger partial charge in [0.15, 0.2) is 6.61 Å². The molecule has 1 aromatic carbocycles. The summed E-state index contributed by atoms with van der Waals surface area (Å²) in [4.78, 5) is 11.4. The van der Waals surface area contributed by atoms with Crippen molar-refractivity contribution in [3.8, 4) is 5.75 Å². The molecule has 0 bridgehead atoms. The van der Waals surface area contributed by atoms with Crippen LogP contribution in [0.2, 0.25) is 0 Å². The molecule has 0 aromatic heterocycles. The molecule has 0 aliphatic rings. The molecule has 0 aliphatic carbocycles. The van der Waals surface area contributed by atoms with Crippen molar-refractivity contribution < 1.29 is 14.3 Å². The predicted octanol–water partition coefficient (Wildman–Crippen LogP) is 7.04. The number of carbonyl (C=O) groups is 1. The number of carbonyl (C=O) groups excluding carboxylic acids is 1. The minimum Gasteiger partial charge on any atom is -0.482 e. The molecular weight excluding hydrogens is 348 g/mol. The highest BCUT2D eigenvalue weighted by molar-refractivity contribution is 5.71. The van der Waals surface area contributed by atoms with Crippen molar-refractivity contribution in [3.63, 3.8) is 0 Å². The highest BCUT2D eigenvalue weighted by Gasteiger charge is 2.03. The van der Waals surface area contributed by atoms with Crippen LogP contribution in [0.5, 0.6) is 5.75 Å². The normalized spacial score (nSPS) is 11.1. The van der Waals surface area contributed by atoms with Crippen molar-refractivity contribution in [3.05, 3.63) is 42.0 Å². The molecule has 1 rings (SSSR count). The van der Waals surface area contributed by atoms with E-state index in [0.717, 1.165) is 12.2 Å². The highest BCUT2D eigenvalue weighted by atomic mass is 16.6. The zero-order valence-corrected chi connectivity index (χ0v) is 18.1. The number of ether oxygens (including phenoxy) is 2. The third-order valence-electron chi connectivity index (χ3n) is 4.79. The Hall–Kier alpha value is -1.77. The Balaban J connectivity index is 2.03. The van der Waals surface area contributed by atoms with Crippen molar-refractivity contribution in [2.75, 3.05) is 13.2 Å². The topological polar surface area (TPSA) is 35.5 Å². The number of esters is 1. The summed E-state index contributed by atoms with van der Waals surface area (Å²) >= 11 is 0. The maximum Gasteiger partial charge on any atom is 0.344 e. The van der Waals surface area contributed by atoms with Crippen LogP contribution in [0, 0.1) is 0 Å². The van der Waals surface area contributed by atoms with Gasteiger partial charge in [0, 0.05) is 0 Å². The SMILES string of the molecule is CCCCCC/C=C\CCCCCCCc1cccc(OCC(=O)OCC)c1. The number of hydrogen-bond acceptors (Lipinski definition) is 3. The fourth-order valence-corrected chi connectivity index (χ4v) is 3.18. The van der Waals surface area contributed by atoms with E-state index in [1.165, 1.54) is 76.2 Å². The first-order valence-corrected chi connectivity index (χ1v) is 11.3. The number of allylic oxidation sites excluding steroid dienone is 2. The molecule has 1 aromatic rings. The average molecular weight is 389 g/mol. The van der Waals surface area contributed by atoms with Gasteiger partial charge in [0.2, 0.25) is 0 Å². The monoisotopic (exact) mass is 388 g/mol. The molecule has 0 saturated carbocycles. The van der Waals surface area contributed by atoms with Crippen LogP contribution in [-0.2, 0) is 16.0 Å². The second kappa shape index (κ2) is 17.3. The first-order valence-electron chi connectivity index (χ1n) is 11.3. The summed E-state index contributed by atoms with van der Waals surface area (Å²) in [6, 6.07) is 8.04. The Morgan fingerprint density at radius 3 is 2.29 bits per heavy atom. The van der Waals surface area contributed by atoms with Gasteiger partial charge in [-0.1, -0.05) is 69.7 Å². The zero-order valence-electron chi connectivity index (χ0n) is 18.1. The van der Waals surface area contributed by atoms with Gasteiger partial charge >= 0.3 is 5.97 Å². The third-order valence-corrected chi connectivity index (χ3v) is 4.79. The van der Waals surface area contributed by atoms with Gasteiger partial charge in [-0.2, -0.15) is 0 Å². The minimum absolute atomic E-state index is 0.0233. The van der Waals surface area contributed by atoms with E-state index in [0.29, 0.717) is 6.61 Å². The summed E-state index contributed by atoms with van der Waals surface area (Å²) in [6.45, 7) is 4.42. The summed E-state index contributed by atoms with van der Waals surface area (Å²) < 4.78 is 10.4. The molecule has 158 valence electrons. The van der Waals surface area contributed by atoms with Crippen LogP contribution in [0.25, 0.3) is 0 Å². The number of benzene rings is 1. The summed E-state index contributed by atoms with van der Waals surface area (Å²) in [6.07, 6.45) is 20.1. The number of aryl methyl sites for hydroxylation is 1. The van der Waals surface area contributed by atoms with Crippen LogP contribution in [-0.4, -0.2) is 19.2 Å². The minimum atomic E-state index is -0.320. The maximum atomic E-state index is 11.4. The second-order valence-corrected chi connectivity index (χ2v) is 7.37. The van der Waals surface area contributed by atoms with E-state index in [1.807, 2.05) is 18.2 Å². The van der Waals surface area contributed by atoms with E-state index in [1.54, 1.807) is 6.92 Å². The van der Waals surface area contributed by atoms with Crippen molar-refractivity contribution in [2.45, 2.75) is 90.9 Å². The summed E-state index contributed by atoms with van der Waals surface area (Å²) in [5, 5.41) is 0. The Morgan fingerprint density at radius 1 is 0.893 bits per heavy atom. The summed E-state index contributed by atoms with van der Waals surface area (Å²) in [5.41, 5.74) is 1.27. The van der Waals surface area contributed by atoms with Crippen LogP contribution in [0.3, 0.4) is 0 Å².